The molecule has 0 radical (unpaired) electrons. The first-order valence-electron chi connectivity index (χ1n) is 9.42. The summed E-state index contributed by atoms with van der Waals surface area (Å²) in [6.07, 6.45) is 3.53. The molecule has 0 aliphatic heterocycles. The maximum Gasteiger partial charge on any atom is 0.330 e. The number of esters is 2. The van der Waals surface area contributed by atoms with Gasteiger partial charge in [-0.2, -0.15) is 0 Å². The number of imidazole rings is 2. The summed E-state index contributed by atoms with van der Waals surface area (Å²) in [5.41, 5.74) is 13.2. The molecule has 4 heterocycles. The third kappa shape index (κ3) is 5.14. The van der Waals surface area contributed by atoms with Crippen molar-refractivity contribution < 1.29 is 14.3 Å². The monoisotopic (exact) mass is 456 g/mol. The Labute approximate surface area is 185 Å². The van der Waals surface area contributed by atoms with E-state index in [0.29, 0.717) is 23.0 Å². The SMILES string of the molecule is N[C@@H](Cc1cnc(-c2cccs2)[nH]1)C(=O)OC(=O)[C@@H](N)Cc1cnc(-c2cccs2)[nH]1. The summed E-state index contributed by atoms with van der Waals surface area (Å²) in [6, 6.07) is 5.67. The van der Waals surface area contributed by atoms with Gasteiger partial charge in [-0.05, 0) is 22.9 Å². The molecule has 9 nitrogen and oxygen atoms in total. The zero-order chi connectivity index (χ0) is 21.8. The highest BCUT2D eigenvalue weighted by Gasteiger charge is 2.25. The van der Waals surface area contributed by atoms with E-state index in [1.54, 1.807) is 35.1 Å². The maximum absolute atomic E-state index is 12.2. The number of carbonyl (C=O) groups is 2. The first-order chi connectivity index (χ1) is 15.0. The van der Waals surface area contributed by atoms with Crippen molar-refractivity contribution in [2.24, 2.45) is 11.5 Å². The number of ether oxygens (including phenoxy) is 1. The van der Waals surface area contributed by atoms with E-state index in [1.165, 1.54) is 0 Å². The third-order valence-electron chi connectivity index (χ3n) is 4.45. The summed E-state index contributed by atoms with van der Waals surface area (Å²) in [7, 11) is 0. The first kappa shape index (κ1) is 21.1. The molecule has 0 bridgehead atoms. The Balaban J connectivity index is 1.29. The molecule has 0 aliphatic carbocycles. The van der Waals surface area contributed by atoms with Crippen molar-refractivity contribution in [2.45, 2.75) is 24.9 Å². The van der Waals surface area contributed by atoms with Crippen molar-refractivity contribution in [3.05, 3.63) is 58.8 Å². The maximum atomic E-state index is 12.2. The van der Waals surface area contributed by atoms with Crippen LogP contribution in [0, 0.1) is 0 Å². The first-order valence-corrected chi connectivity index (χ1v) is 11.2. The van der Waals surface area contributed by atoms with Crippen LogP contribution < -0.4 is 11.5 Å². The summed E-state index contributed by atoms with van der Waals surface area (Å²) in [5, 5.41) is 3.89. The van der Waals surface area contributed by atoms with Gasteiger partial charge in [0.15, 0.2) is 0 Å². The third-order valence-corrected chi connectivity index (χ3v) is 6.21. The minimum atomic E-state index is -1.02. The molecular weight excluding hydrogens is 436 g/mol. The number of aromatic nitrogens is 4. The van der Waals surface area contributed by atoms with Gasteiger partial charge in [-0.25, -0.2) is 19.6 Å². The highest BCUT2D eigenvalue weighted by atomic mass is 32.1. The fourth-order valence-electron chi connectivity index (χ4n) is 2.89. The van der Waals surface area contributed by atoms with E-state index in [4.69, 9.17) is 16.2 Å². The molecule has 4 rings (SSSR count). The second kappa shape index (κ2) is 9.35. The minimum Gasteiger partial charge on any atom is -0.391 e. The van der Waals surface area contributed by atoms with E-state index in [9.17, 15) is 9.59 Å². The van der Waals surface area contributed by atoms with Crippen LogP contribution in [0.2, 0.25) is 0 Å². The second-order valence-electron chi connectivity index (χ2n) is 6.83. The lowest BCUT2D eigenvalue weighted by Crippen LogP contribution is -2.41. The van der Waals surface area contributed by atoms with E-state index >= 15 is 0 Å². The van der Waals surface area contributed by atoms with Gasteiger partial charge in [-0.1, -0.05) is 12.1 Å². The average Bonchev–Trinajstić information content (AvgIpc) is 3.54. The van der Waals surface area contributed by atoms with Crippen LogP contribution in [0.5, 0.6) is 0 Å². The Morgan fingerprint density at radius 2 is 1.32 bits per heavy atom. The zero-order valence-electron chi connectivity index (χ0n) is 16.3. The number of hydrogen-bond acceptors (Lipinski definition) is 9. The van der Waals surface area contributed by atoms with Gasteiger partial charge in [0.1, 0.15) is 23.7 Å². The Bertz CT molecular complexity index is 1060. The van der Waals surface area contributed by atoms with E-state index in [0.717, 1.165) is 9.75 Å². The van der Waals surface area contributed by atoms with Gasteiger partial charge in [0.05, 0.1) is 9.75 Å². The molecule has 6 N–H and O–H groups in total. The minimum absolute atomic E-state index is 0.157. The van der Waals surface area contributed by atoms with Gasteiger partial charge < -0.3 is 26.2 Å². The molecular formula is C20H20N6O3S2. The fraction of sp³-hybridized carbons (Fsp3) is 0.200. The highest BCUT2D eigenvalue weighted by Crippen LogP contribution is 2.22. The molecule has 0 aliphatic rings. The molecule has 31 heavy (non-hydrogen) atoms. The highest BCUT2D eigenvalue weighted by molar-refractivity contribution is 7.13. The van der Waals surface area contributed by atoms with Gasteiger partial charge in [-0.3, -0.25) is 0 Å². The number of nitrogens with zero attached hydrogens (tertiary/aromatic N) is 2. The van der Waals surface area contributed by atoms with Crippen molar-refractivity contribution in [2.75, 3.05) is 0 Å². The van der Waals surface area contributed by atoms with Crippen LogP contribution in [-0.4, -0.2) is 44.0 Å². The number of nitrogens with two attached hydrogens (primary N) is 2. The number of rotatable bonds is 8. The average molecular weight is 457 g/mol. The summed E-state index contributed by atoms with van der Waals surface area (Å²) >= 11 is 3.09. The lowest BCUT2D eigenvalue weighted by molar-refractivity contribution is -0.161. The van der Waals surface area contributed by atoms with Gasteiger partial charge in [0.25, 0.3) is 0 Å². The number of thiophene rings is 2. The molecule has 11 heteroatoms. The van der Waals surface area contributed by atoms with E-state index in [1.807, 2.05) is 35.0 Å². The topological polar surface area (TPSA) is 153 Å². The molecule has 2 atom stereocenters. The summed E-state index contributed by atoms with van der Waals surface area (Å²) in [4.78, 5) is 41.2. The normalized spacial score (nSPS) is 13.1. The zero-order valence-corrected chi connectivity index (χ0v) is 17.9. The van der Waals surface area contributed by atoms with E-state index < -0.39 is 24.0 Å². The van der Waals surface area contributed by atoms with Crippen LogP contribution in [-0.2, 0) is 27.2 Å². The van der Waals surface area contributed by atoms with Crippen molar-refractivity contribution in [1.29, 1.82) is 0 Å². The van der Waals surface area contributed by atoms with Crippen molar-refractivity contribution >= 4 is 34.6 Å². The van der Waals surface area contributed by atoms with Crippen LogP contribution >= 0.6 is 22.7 Å². The van der Waals surface area contributed by atoms with E-state index in [2.05, 4.69) is 19.9 Å². The lowest BCUT2D eigenvalue weighted by Gasteiger charge is -2.12. The quantitative estimate of drug-likeness (QED) is 0.234. The molecule has 0 saturated heterocycles. The van der Waals surface area contributed by atoms with Crippen molar-refractivity contribution in [1.82, 2.24) is 19.9 Å². The van der Waals surface area contributed by atoms with Gasteiger partial charge >= 0.3 is 11.9 Å². The largest absolute Gasteiger partial charge is 0.391 e. The van der Waals surface area contributed by atoms with Gasteiger partial charge in [0, 0.05) is 36.6 Å². The number of H-pyrrole nitrogens is 2. The molecule has 0 fully saturated rings. The number of hydrogen-bond donors (Lipinski definition) is 4. The molecule has 0 aromatic carbocycles. The summed E-state index contributed by atoms with van der Waals surface area (Å²) in [6.45, 7) is 0. The van der Waals surface area contributed by atoms with E-state index in [-0.39, 0.29) is 12.8 Å². The molecule has 0 amide bonds. The molecule has 4 aromatic rings. The number of nitrogens with one attached hydrogen (secondary N) is 2. The fourth-order valence-corrected chi connectivity index (χ4v) is 4.25. The smallest absolute Gasteiger partial charge is 0.330 e. The summed E-state index contributed by atoms with van der Waals surface area (Å²) < 4.78 is 4.88. The van der Waals surface area contributed by atoms with Crippen molar-refractivity contribution in [3.63, 3.8) is 0 Å². The Kier molecular flexibility index (Phi) is 6.37. The molecule has 0 saturated carbocycles. The summed E-state index contributed by atoms with van der Waals surface area (Å²) in [5.74, 6) is -0.275. The Morgan fingerprint density at radius 1 is 0.871 bits per heavy atom. The Hall–Kier alpha value is -3.12. The standard InChI is InChI=1S/C20H20N6O3S2/c21-13(7-11-9-23-17(25-11)15-3-1-5-30-15)19(27)29-20(28)14(22)8-12-10-24-18(26-12)16-4-2-6-31-16/h1-6,9-10,13-14H,7-8,21-22H2,(H,23,25)(H,24,26)/t13-,14-/m0/s1. The number of carbonyl (C=O) groups excluding carboxylic acids is 2. The molecule has 0 spiro atoms. The second-order valence-corrected chi connectivity index (χ2v) is 8.73. The van der Waals surface area contributed by atoms with Crippen LogP contribution in [0.15, 0.2) is 47.4 Å². The lowest BCUT2D eigenvalue weighted by atomic mass is 10.1. The van der Waals surface area contributed by atoms with Crippen LogP contribution in [0.3, 0.4) is 0 Å². The number of aromatic amines is 2. The predicted molar refractivity (Wildman–Crippen MR) is 118 cm³/mol. The van der Waals surface area contributed by atoms with Gasteiger partial charge in [-0.15, -0.1) is 22.7 Å². The predicted octanol–water partition coefficient (Wildman–Crippen LogP) is 2.10. The molecule has 160 valence electrons. The molecule has 4 aromatic heterocycles. The van der Waals surface area contributed by atoms with Crippen molar-refractivity contribution in [3.8, 4) is 21.4 Å². The molecule has 0 unspecified atom stereocenters. The van der Waals surface area contributed by atoms with Crippen LogP contribution in [0.25, 0.3) is 21.4 Å². The van der Waals surface area contributed by atoms with Crippen LogP contribution in [0.4, 0.5) is 0 Å². The Morgan fingerprint density at radius 3 is 1.71 bits per heavy atom. The van der Waals surface area contributed by atoms with Gasteiger partial charge in [0.2, 0.25) is 0 Å². The van der Waals surface area contributed by atoms with Crippen LogP contribution in [0.1, 0.15) is 11.4 Å².